The molecule has 1 aliphatic rings. The van der Waals surface area contributed by atoms with E-state index in [-0.39, 0.29) is 26.3 Å². The van der Waals surface area contributed by atoms with Gasteiger partial charge in [-0.1, -0.05) is 0 Å². The van der Waals surface area contributed by atoms with Crippen molar-refractivity contribution in [2.24, 2.45) is 0 Å². The molecule has 0 saturated carbocycles. The van der Waals surface area contributed by atoms with E-state index in [0.717, 1.165) is 4.31 Å². The smallest absolute Gasteiger partial charge is 0.322 e. The highest BCUT2D eigenvalue weighted by Gasteiger charge is 2.31. The van der Waals surface area contributed by atoms with Gasteiger partial charge in [-0.3, -0.25) is 9.59 Å². The third kappa shape index (κ3) is 4.22. The van der Waals surface area contributed by atoms with Crippen LogP contribution in [0.4, 0.5) is 0 Å². The Labute approximate surface area is 104 Å². The lowest BCUT2D eigenvalue weighted by Gasteiger charge is -2.27. The van der Waals surface area contributed by atoms with Crippen LogP contribution in [0, 0.1) is 0 Å². The van der Waals surface area contributed by atoms with Crippen molar-refractivity contribution < 1.29 is 33.0 Å². The molecule has 0 radical (unpaired) electrons. The molecule has 0 unspecified atom stereocenters. The summed E-state index contributed by atoms with van der Waals surface area (Å²) in [6, 6.07) is -1.68. The average Bonchev–Trinajstić information content (AvgIpc) is 2.28. The van der Waals surface area contributed by atoms with Gasteiger partial charge < -0.3 is 14.9 Å². The van der Waals surface area contributed by atoms with Crippen molar-refractivity contribution in [2.75, 3.05) is 26.3 Å². The van der Waals surface area contributed by atoms with E-state index in [2.05, 4.69) is 0 Å². The summed E-state index contributed by atoms with van der Waals surface area (Å²) in [6.07, 6.45) is -0.821. The molecule has 0 spiro atoms. The van der Waals surface area contributed by atoms with Crippen LogP contribution in [0.5, 0.6) is 0 Å². The van der Waals surface area contributed by atoms with Gasteiger partial charge in [0.1, 0.15) is 6.04 Å². The molecule has 3 N–H and O–H groups in total. The first-order chi connectivity index (χ1) is 8.33. The molecule has 10 heteroatoms. The molecule has 0 aliphatic carbocycles. The Morgan fingerprint density at radius 3 is 2.28 bits per heavy atom. The molecule has 0 amide bonds. The fourth-order valence-corrected chi connectivity index (χ4v) is 2.72. The lowest BCUT2D eigenvalue weighted by molar-refractivity contribution is -0.145. The number of hydrogen-bond acceptors (Lipinski definition) is 5. The summed E-state index contributed by atoms with van der Waals surface area (Å²) in [6.45, 7) is 0.651. The summed E-state index contributed by atoms with van der Waals surface area (Å²) >= 11 is 0. The van der Waals surface area contributed by atoms with E-state index in [9.17, 15) is 18.0 Å². The van der Waals surface area contributed by atoms with Crippen molar-refractivity contribution in [1.29, 1.82) is 0 Å². The van der Waals surface area contributed by atoms with Crippen LogP contribution in [0.25, 0.3) is 0 Å². The molecule has 9 nitrogen and oxygen atoms in total. The molecule has 0 aromatic carbocycles. The first-order valence-electron chi connectivity index (χ1n) is 5.12. The summed E-state index contributed by atoms with van der Waals surface area (Å²) in [5.41, 5.74) is 0. The number of ether oxygens (including phenoxy) is 1. The van der Waals surface area contributed by atoms with Gasteiger partial charge in [0.2, 0.25) is 0 Å². The van der Waals surface area contributed by atoms with E-state index in [1.165, 1.54) is 0 Å². The van der Waals surface area contributed by atoms with Gasteiger partial charge >= 0.3 is 11.9 Å². The highest BCUT2D eigenvalue weighted by Crippen LogP contribution is 2.05. The predicted octanol–water partition coefficient (Wildman–Crippen LogP) is -1.92. The fraction of sp³-hybridized carbons (Fsp3) is 0.750. The maximum atomic E-state index is 11.8. The minimum Gasteiger partial charge on any atom is -0.481 e. The lowest BCUT2D eigenvalue weighted by atomic mass is 10.2. The number of hydrogen-bond donors (Lipinski definition) is 3. The second-order valence-electron chi connectivity index (χ2n) is 3.62. The Balaban J connectivity index is 2.71. The Morgan fingerprint density at radius 2 is 1.83 bits per heavy atom. The van der Waals surface area contributed by atoms with E-state index in [1.807, 2.05) is 4.72 Å². The molecule has 0 aromatic rings. The van der Waals surface area contributed by atoms with Crippen molar-refractivity contribution >= 4 is 22.1 Å². The summed E-state index contributed by atoms with van der Waals surface area (Å²) in [5.74, 6) is -2.93. The van der Waals surface area contributed by atoms with Gasteiger partial charge in [-0.15, -0.1) is 0 Å². The molecule has 104 valence electrons. The molecule has 1 aliphatic heterocycles. The molecule has 1 saturated heterocycles. The zero-order chi connectivity index (χ0) is 13.8. The number of aliphatic carboxylic acids is 2. The molecule has 1 fully saturated rings. The Morgan fingerprint density at radius 1 is 1.28 bits per heavy atom. The van der Waals surface area contributed by atoms with E-state index in [1.54, 1.807) is 0 Å². The normalized spacial score (nSPS) is 19.3. The third-order valence-electron chi connectivity index (χ3n) is 2.28. The third-order valence-corrected chi connectivity index (χ3v) is 3.91. The minimum atomic E-state index is -4.01. The van der Waals surface area contributed by atoms with E-state index < -0.39 is 34.6 Å². The zero-order valence-electron chi connectivity index (χ0n) is 9.40. The van der Waals surface area contributed by atoms with Gasteiger partial charge in [0.15, 0.2) is 0 Å². The molecule has 1 heterocycles. The maximum absolute atomic E-state index is 11.8. The summed E-state index contributed by atoms with van der Waals surface area (Å²) in [7, 11) is -4.01. The van der Waals surface area contributed by atoms with Crippen molar-refractivity contribution in [3.8, 4) is 0 Å². The number of nitrogens with zero attached hydrogens (tertiary/aromatic N) is 1. The van der Waals surface area contributed by atoms with E-state index in [0.29, 0.717) is 0 Å². The van der Waals surface area contributed by atoms with Gasteiger partial charge in [-0.25, -0.2) is 0 Å². The van der Waals surface area contributed by atoms with Gasteiger partial charge in [-0.05, 0) is 0 Å². The summed E-state index contributed by atoms with van der Waals surface area (Å²) in [4.78, 5) is 21.2. The molecular weight excluding hydrogens is 268 g/mol. The SMILES string of the molecule is O=C(O)C[C@@H](NS(=O)(=O)N1CCOCC1)C(=O)O. The molecule has 0 bridgehead atoms. The fourth-order valence-electron chi connectivity index (χ4n) is 1.40. The Hall–Kier alpha value is -1.23. The van der Waals surface area contributed by atoms with Crippen molar-refractivity contribution in [3.63, 3.8) is 0 Å². The van der Waals surface area contributed by atoms with Crippen LogP contribution in [-0.2, 0) is 24.5 Å². The molecule has 18 heavy (non-hydrogen) atoms. The van der Waals surface area contributed by atoms with Gasteiger partial charge in [-0.2, -0.15) is 17.4 Å². The zero-order valence-corrected chi connectivity index (χ0v) is 10.2. The monoisotopic (exact) mass is 282 g/mol. The van der Waals surface area contributed by atoms with Crippen molar-refractivity contribution in [2.45, 2.75) is 12.5 Å². The van der Waals surface area contributed by atoms with Crippen LogP contribution in [0.15, 0.2) is 0 Å². The number of nitrogens with one attached hydrogen (secondary N) is 1. The van der Waals surface area contributed by atoms with Crippen molar-refractivity contribution in [3.05, 3.63) is 0 Å². The van der Waals surface area contributed by atoms with E-state index in [4.69, 9.17) is 14.9 Å². The Bertz CT molecular complexity index is 415. The average molecular weight is 282 g/mol. The van der Waals surface area contributed by atoms with Crippen LogP contribution in [0.1, 0.15) is 6.42 Å². The van der Waals surface area contributed by atoms with Crippen LogP contribution in [-0.4, -0.2) is 67.2 Å². The standard InChI is InChI=1S/C8H14N2O7S/c11-7(12)5-6(8(13)14)9-18(15,16)10-1-3-17-4-2-10/h6,9H,1-5H2,(H,11,12)(H,13,14)/t6-/m1/s1. The predicted molar refractivity (Wildman–Crippen MR) is 58.1 cm³/mol. The first kappa shape index (κ1) is 14.8. The number of morpholine rings is 1. The quantitative estimate of drug-likeness (QED) is 0.517. The lowest BCUT2D eigenvalue weighted by Crippen LogP contribution is -2.52. The van der Waals surface area contributed by atoms with Gasteiger partial charge in [0.05, 0.1) is 19.6 Å². The topological polar surface area (TPSA) is 133 Å². The van der Waals surface area contributed by atoms with Crippen LogP contribution in [0.2, 0.25) is 0 Å². The molecular formula is C8H14N2O7S. The van der Waals surface area contributed by atoms with Gasteiger partial charge in [0.25, 0.3) is 10.2 Å². The highest BCUT2D eigenvalue weighted by molar-refractivity contribution is 7.87. The highest BCUT2D eigenvalue weighted by atomic mass is 32.2. The Kier molecular flexibility index (Phi) is 5.02. The number of rotatable bonds is 6. The summed E-state index contributed by atoms with van der Waals surface area (Å²) in [5, 5.41) is 17.3. The number of carboxylic acids is 2. The first-order valence-corrected chi connectivity index (χ1v) is 6.56. The molecule has 0 aromatic heterocycles. The van der Waals surface area contributed by atoms with Crippen molar-refractivity contribution in [1.82, 2.24) is 9.03 Å². The number of carbonyl (C=O) groups is 2. The second kappa shape index (κ2) is 6.09. The largest absolute Gasteiger partial charge is 0.481 e. The minimum absolute atomic E-state index is 0.106. The second-order valence-corrected chi connectivity index (χ2v) is 5.33. The summed E-state index contributed by atoms with van der Waals surface area (Å²) < 4.78 is 31.4. The van der Waals surface area contributed by atoms with E-state index >= 15 is 0 Å². The number of carboxylic acid groups (broad SMARTS) is 2. The molecule has 1 rings (SSSR count). The van der Waals surface area contributed by atoms with Crippen LogP contribution < -0.4 is 4.72 Å². The van der Waals surface area contributed by atoms with Crippen LogP contribution >= 0.6 is 0 Å². The molecule has 1 atom stereocenters. The maximum Gasteiger partial charge on any atom is 0.322 e. The van der Waals surface area contributed by atoms with Crippen LogP contribution in [0.3, 0.4) is 0 Å². The van der Waals surface area contributed by atoms with Gasteiger partial charge in [0, 0.05) is 13.1 Å².